The van der Waals surface area contributed by atoms with Crippen molar-refractivity contribution in [3.8, 4) is 0 Å². The van der Waals surface area contributed by atoms with Gasteiger partial charge in [-0.25, -0.2) is 14.6 Å². The highest BCUT2D eigenvalue weighted by atomic mass is 16.5. The average molecular weight is 367 g/mol. The van der Waals surface area contributed by atoms with Crippen molar-refractivity contribution in [3.63, 3.8) is 0 Å². The van der Waals surface area contributed by atoms with E-state index in [1.54, 1.807) is 41.0 Å². The van der Waals surface area contributed by atoms with Gasteiger partial charge in [-0.05, 0) is 50.6 Å². The summed E-state index contributed by atoms with van der Waals surface area (Å²) in [7, 11) is 1.29. The van der Waals surface area contributed by atoms with Crippen LogP contribution < -0.4 is 11.2 Å². The Balaban J connectivity index is 2.25. The van der Waals surface area contributed by atoms with Crippen LogP contribution in [0.5, 0.6) is 0 Å². The fourth-order valence-corrected chi connectivity index (χ4v) is 3.04. The molecule has 0 unspecified atom stereocenters. The smallest absolute Gasteiger partial charge is 0.356 e. The number of nitrogens with zero attached hydrogens (tertiary/aromatic N) is 3. The van der Waals surface area contributed by atoms with Gasteiger partial charge in [0.15, 0.2) is 0 Å². The van der Waals surface area contributed by atoms with Crippen LogP contribution in [0.3, 0.4) is 0 Å². The lowest BCUT2D eigenvalue weighted by molar-refractivity contribution is 0.0594. The largest absolute Gasteiger partial charge is 0.464 e. The van der Waals surface area contributed by atoms with E-state index in [0.29, 0.717) is 16.5 Å². The van der Waals surface area contributed by atoms with Gasteiger partial charge in [-0.15, -0.1) is 0 Å². The topological polar surface area (TPSA) is 83.2 Å². The minimum absolute atomic E-state index is 0.163. The third-order valence-corrected chi connectivity index (χ3v) is 4.28. The van der Waals surface area contributed by atoms with Crippen LogP contribution in [-0.2, 0) is 16.8 Å². The van der Waals surface area contributed by atoms with E-state index in [0.717, 1.165) is 0 Å². The molecule has 1 aromatic carbocycles. The number of para-hydroxylation sites is 1. The molecule has 0 saturated carbocycles. The van der Waals surface area contributed by atoms with E-state index in [1.807, 2.05) is 20.8 Å². The molecule has 0 radical (unpaired) electrons. The quantitative estimate of drug-likeness (QED) is 0.663. The van der Waals surface area contributed by atoms with Gasteiger partial charge < -0.3 is 4.74 Å². The van der Waals surface area contributed by atoms with Gasteiger partial charge in [-0.2, -0.15) is 0 Å². The second-order valence-electron chi connectivity index (χ2n) is 7.24. The lowest BCUT2D eigenvalue weighted by atomic mass is 10.1. The number of methoxy groups -OCH3 is 1. The van der Waals surface area contributed by atoms with Crippen LogP contribution in [0.1, 0.15) is 36.8 Å². The second-order valence-corrected chi connectivity index (χ2v) is 7.24. The molecule has 3 aromatic rings. The van der Waals surface area contributed by atoms with Crippen molar-refractivity contribution in [2.45, 2.75) is 32.9 Å². The average Bonchev–Trinajstić information content (AvgIpc) is 2.63. The minimum atomic E-state index is -0.671. The summed E-state index contributed by atoms with van der Waals surface area (Å²) in [6.07, 6.45) is 1.49. The Hall–Kier alpha value is -3.22. The van der Waals surface area contributed by atoms with Gasteiger partial charge in [0, 0.05) is 11.7 Å². The number of pyridine rings is 1. The first kappa shape index (κ1) is 18.6. The van der Waals surface area contributed by atoms with E-state index in [2.05, 4.69) is 4.98 Å². The van der Waals surface area contributed by atoms with E-state index >= 15 is 0 Å². The molecule has 140 valence electrons. The number of hydrogen-bond donors (Lipinski definition) is 0. The van der Waals surface area contributed by atoms with Crippen LogP contribution in [-0.4, -0.2) is 27.2 Å². The summed E-state index contributed by atoms with van der Waals surface area (Å²) in [4.78, 5) is 41.7. The standard InChI is InChI=1S/C20H21N3O4/c1-20(2,3)23-17(24)14-7-5-6-8-16(14)22(19(23)26)12-13-9-10-21-15(11-13)18(25)27-4/h5-11H,12H2,1-4H3. The lowest BCUT2D eigenvalue weighted by Gasteiger charge is -2.24. The summed E-state index contributed by atoms with van der Waals surface area (Å²) in [6.45, 7) is 5.65. The minimum Gasteiger partial charge on any atom is -0.464 e. The summed E-state index contributed by atoms with van der Waals surface area (Å²) in [6, 6.07) is 10.3. The molecule has 0 amide bonds. The molecule has 3 rings (SSSR count). The maximum absolute atomic E-state index is 13.1. The molecule has 0 aliphatic heterocycles. The number of esters is 1. The van der Waals surface area contributed by atoms with Crippen molar-refractivity contribution >= 4 is 16.9 Å². The van der Waals surface area contributed by atoms with Crippen LogP contribution >= 0.6 is 0 Å². The first-order valence-electron chi connectivity index (χ1n) is 8.52. The number of benzene rings is 1. The number of rotatable bonds is 3. The number of aromatic nitrogens is 3. The lowest BCUT2D eigenvalue weighted by Crippen LogP contribution is -2.47. The molecular weight excluding hydrogens is 346 g/mol. The summed E-state index contributed by atoms with van der Waals surface area (Å²) >= 11 is 0. The van der Waals surface area contributed by atoms with E-state index in [-0.39, 0.29) is 17.8 Å². The Bertz CT molecular complexity index is 1140. The highest BCUT2D eigenvalue weighted by molar-refractivity contribution is 5.87. The Morgan fingerprint density at radius 1 is 1.15 bits per heavy atom. The second kappa shape index (κ2) is 6.83. The van der Waals surface area contributed by atoms with Crippen LogP contribution in [0.15, 0.2) is 52.2 Å². The summed E-state index contributed by atoms with van der Waals surface area (Å²) in [5.74, 6) is -0.547. The third kappa shape index (κ3) is 3.40. The van der Waals surface area contributed by atoms with Crippen molar-refractivity contribution in [1.82, 2.24) is 14.1 Å². The van der Waals surface area contributed by atoms with E-state index in [1.165, 1.54) is 17.9 Å². The Morgan fingerprint density at radius 3 is 2.52 bits per heavy atom. The van der Waals surface area contributed by atoms with E-state index in [9.17, 15) is 14.4 Å². The molecule has 7 heteroatoms. The molecule has 27 heavy (non-hydrogen) atoms. The number of hydrogen-bond acceptors (Lipinski definition) is 5. The monoisotopic (exact) mass is 367 g/mol. The van der Waals surface area contributed by atoms with E-state index in [4.69, 9.17) is 4.74 Å². The molecule has 0 N–H and O–H groups in total. The highest BCUT2D eigenvalue weighted by Gasteiger charge is 2.22. The zero-order chi connectivity index (χ0) is 19.8. The molecule has 2 aromatic heterocycles. The van der Waals surface area contributed by atoms with Gasteiger partial charge in [0.25, 0.3) is 5.56 Å². The molecule has 0 aliphatic carbocycles. The van der Waals surface area contributed by atoms with Crippen molar-refractivity contribution in [1.29, 1.82) is 0 Å². The van der Waals surface area contributed by atoms with Crippen LogP contribution in [0.4, 0.5) is 0 Å². The summed E-state index contributed by atoms with van der Waals surface area (Å²) in [5.41, 5.74) is 0.0275. The summed E-state index contributed by atoms with van der Waals surface area (Å²) in [5, 5.41) is 0.467. The number of carbonyl (C=O) groups is 1. The maximum atomic E-state index is 13.1. The Morgan fingerprint density at radius 2 is 1.85 bits per heavy atom. The predicted octanol–water partition coefficient (Wildman–Crippen LogP) is 2.15. The van der Waals surface area contributed by atoms with Crippen molar-refractivity contribution in [3.05, 3.63) is 74.7 Å². The molecule has 0 bridgehead atoms. The summed E-state index contributed by atoms with van der Waals surface area (Å²) < 4.78 is 7.50. The van der Waals surface area contributed by atoms with Gasteiger partial charge in [-0.1, -0.05) is 12.1 Å². The van der Waals surface area contributed by atoms with Gasteiger partial charge >= 0.3 is 11.7 Å². The number of ether oxygens (including phenoxy) is 1. The first-order chi connectivity index (χ1) is 12.7. The van der Waals surface area contributed by atoms with Gasteiger partial charge in [0.2, 0.25) is 0 Å². The molecule has 2 heterocycles. The van der Waals surface area contributed by atoms with Crippen molar-refractivity contribution in [2.24, 2.45) is 0 Å². The fraction of sp³-hybridized carbons (Fsp3) is 0.300. The molecule has 0 saturated heterocycles. The molecule has 0 aliphatic rings. The molecular formula is C20H21N3O4. The van der Waals surface area contributed by atoms with Crippen LogP contribution in [0.2, 0.25) is 0 Å². The predicted molar refractivity (Wildman–Crippen MR) is 102 cm³/mol. The van der Waals surface area contributed by atoms with Crippen molar-refractivity contribution in [2.75, 3.05) is 7.11 Å². The zero-order valence-electron chi connectivity index (χ0n) is 15.7. The zero-order valence-corrected chi connectivity index (χ0v) is 15.7. The Labute approximate surface area is 155 Å². The molecule has 7 nitrogen and oxygen atoms in total. The van der Waals surface area contributed by atoms with Gasteiger partial charge in [0.1, 0.15) is 5.69 Å². The first-order valence-corrected chi connectivity index (χ1v) is 8.52. The SMILES string of the molecule is COC(=O)c1cc(Cn2c(=O)n(C(C)(C)C)c(=O)c3ccccc32)ccn1. The normalized spacial score (nSPS) is 11.6. The van der Waals surface area contributed by atoms with Crippen molar-refractivity contribution < 1.29 is 9.53 Å². The third-order valence-electron chi connectivity index (χ3n) is 4.28. The Kier molecular flexibility index (Phi) is 4.70. The van der Waals surface area contributed by atoms with E-state index < -0.39 is 17.2 Å². The molecule has 0 atom stereocenters. The number of carbonyl (C=O) groups excluding carboxylic acids is 1. The van der Waals surface area contributed by atoms with Gasteiger partial charge in [0.05, 0.1) is 24.6 Å². The molecule has 0 fully saturated rings. The van der Waals surface area contributed by atoms with Crippen LogP contribution in [0, 0.1) is 0 Å². The molecule has 0 spiro atoms. The maximum Gasteiger partial charge on any atom is 0.356 e. The highest BCUT2D eigenvalue weighted by Crippen LogP contribution is 2.14. The fourth-order valence-electron chi connectivity index (χ4n) is 3.04. The van der Waals surface area contributed by atoms with Crippen LogP contribution in [0.25, 0.3) is 10.9 Å². The number of fused-ring (bicyclic) bond motifs is 1. The van der Waals surface area contributed by atoms with Gasteiger partial charge in [-0.3, -0.25) is 13.9 Å².